The van der Waals surface area contributed by atoms with Gasteiger partial charge in [0.2, 0.25) is 0 Å². The van der Waals surface area contributed by atoms with Crippen LogP contribution in [0.2, 0.25) is 0 Å². The number of fused-ring (bicyclic) bond motifs is 1. The van der Waals surface area contributed by atoms with Crippen molar-refractivity contribution < 1.29 is 14.3 Å². The fraction of sp³-hybridized carbons (Fsp3) is 0.192. The largest absolute Gasteiger partial charge is 0.493 e. The summed E-state index contributed by atoms with van der Waals surface area (Å²) in [5.41, 5.74) is 4.19. The molecule has 30 heavy (non-hydrogen) atoms. The smallest absolute Gasteiger partial charge is 0.263 e. The number of hydrogen-bond donors (Lipinski definition) is 0. The third kappa shape index (κ3) is 3.81. The fourth-order valence-electron chi connectivity index (χ4n) is 3.74. The molecule has 4 rings (SSSR count). The van der Waals surface area contributed by atoms with Crippen molar-refractivity contribution in [3.63, 3.8) is 0 Å². The van der Waals surface area contributed by atoms with Gasteiger partial charge in [0.1, 0.15) is 0 Å². The number of anilines is 1. The first-order valence-electron chi connectivity index (χ1n) is 10.1. The van der Waals surface area contributed by atoms with Crippen LogP contribution in [0.5, 0.6) is 11.5 Å². The lowest BCUT2D eigenvalue weighted by Crippen LogP contribution is -2.22. The lowest BCUT2D eigenvalue weighted by Gasteiger charge is -2.21. The van der Waals surface area contributed by atoms with E-state index in [1.165, 1.54) is 5.56 Å². The second-order valence-corrected chi connectivity index (χ2v) is 7.42. The Morgan fingerprint density at radius 1 is 0.933 bits per heavy atom. The van der Waals surface area contributed by atoms with E-state index in [0.29, 0.717) is 28.4 Å². The van der Waals surface area contributed by atoms with Gasteiger partial charge in [0.05, 0.1) is 24.6 Å². The van der Waals surface area contributed by atoms with E-state index in [1.54, 1.807) is 12.0 Å². The Kier molecular flexibility index (Phi) is 5.57. The summed E-state index contributed by atoms with van der Waals surface area (Å²) in [5.74, 6) is 1.18. The third-order valence-corrected chi connectivity index (χ3v) is 5.36. The standard InChI is InChI=1S/C26H25NO3/c1-18(13-14-20-9-5-4-6-10-20)30-25-17-21(15-16-24(25)29-3)27-19(2)22-11-7-8-12-23(22)26(27)28/h4-12,15-18H,2,13-14H2,1,3H3. The Morgan fingerprint density at radius 2 is 1.63 bits per heavy atom. The van der Waals surface area contributed by atoms with Crippen molar-refractivity contribution in [3.8, 4) is 11.5 Å². The Morgan fingerprint density at radius 3 is 2.33 bits per heavy atom. The second-order valence-electron chi connectivity index (χ2n) is 7.42. The highest BCUT2D eigenvalue weighted by molar-refractivity contribution is 6.22. The molecular formula is C26H25NO3. The molecule has 0 aliphatic carbocycles. The average Bonchev–Trinajstić information content (AvgIpc) is 3.03. The van der Waals surface area contributed by atoms with Gasteiger partial charge in [-0.3, -0.25) is 9.69 Å². The zero-order valence-corrected chi connectivity index (χ0v) is 17.3. The van der Waals surface area contributed by atoms with Crippen molar-refractivity contribution >= 4 is 17.3 Å². The number of rotatable bonds is 7. The van der Waals surface area contributed by atoms with Gasteiger partial charge < -0.3 is 9.47 Å². The van der Waals surface area contributed by atoms with Crippen LogP contribution < -0.4 is 14.4 Å². The van der Waals surface area contributed by atoms with Crippen LogP contribution in [-0.4, -0.2) is 19.1 Å². The summed E-state index contributed by atoms with van der Waals surface area (Å²) in [6.45, 7) is 6.18. The molecular weight excluding hydrogens is 374 g/mol. The third-order valence-electron chi connectivity index (χ3n) is 5.36. The molecule has 0 saturated heterocycles. The minimum absolute atomic E-state index is 0.0102. The highest BCUT2D eigenvalue weighted by atomic mass is 16.5. The van der Waals surface area contributed by atoms with Crippen molar-refractivity contribution in [1.82, 2.24) is 0 Å². The van der Waals surface area contributed by atoms with Crippen molar-refractivity contribution in [3.05, 3.63) is 96.1 Å². The molecule has 0 aromatic heterocycles. The van der Waals surface area contributed by atoms with Crippen LogP contribution in [0.25, 0.3) is 5.70 Å². The molecule has 1 atom stereocenters. The SMILES string of the molecule is C=C1c2ccccc2C(=O)N1c1ccc(OC)c(OC(C)CCc2ccccc2)c1. The zero-order valence-electron chi connectivity index (χ0n) is 17.3. The molecule has 4 nitrogen and oxygen atoms in total. The first kappa shape index (κ1) is 19.8. The number of carbonyl (C=O) groups excluding carboxylic acids is 1. The first-order valence-corrected chi connectivity index (χ1v) is 10.1. The van der Waals surface area contributed by atoms with E-state index in [4.69, 9.17) is 9.47 Å². The summed E-state index contributed by atoms with van der Waals surface area (Å²) in [7, 11) is 1.62. The summed E-state index contributed by atoms with van der Waals surface area (Å²) in [5, 5.41) is 0. The Labute approximate surface area is 177 Å². The van der Waals surface area contributed by atoms with Gasteiger partial charge in [-0.15, -0.1) is 0 Å². The number of hydrogen-bond acceptors (Lipinski definition) is 3. The van der Waals surface area contributed by atoms with Crippen LogP contribution in [0.15, 0.2) is 79.4 Å². The minimum atomic E-state index is -0.0798. The lowest BCUT2D eigenvalue weighted by molar-refractivity contribution is 0.101. The molecule has 1 aliphatic rings. The van der Waals surface area contributed by atoms with Crippen LogP contribution in [-0.2, 0) is 6.42 Å². The zero-order chi connectivity index (χ0) is 21.1. The Balaban J connectivity index is 1.54. The number of ether oxygens (including phenoxy) is 2. The van der Waals surface area contributed by atoms with Crippen LogP contribution in [0.4, 0.5) is 5.69 Å². The Hall–Kier alpha value is -3.53. The molecule has 1 unspecified atom stereocenters. The molecule has 152 valence electrons. The molecule has 0 radical (unpaired) electrons. The second kappa shape index (κ2) is 8.46. The van der Waals surface area contributed by atoms with Crippen LogP contribution in [0.3, 0.4) is 0 Å². The van der Waals surface area contributed by atoms with Gasteiger partial charge in [0.25, 0.3) is 5.91 Å². The number of aryl methyl sites for hydroxylation is 1. The van der Waals surface area contributed by atoms with E-state index in [9.17, 15) is 4.79 Å². The maximum absolute atomic E-state index is 12.9. The fourth-order valence-corrected chi connectivity index (χ4v) is 3.74. The molecule has 3 aromatic rings. The van der Waals surface area contributed by atoms with Crippen molar-refractivity contribution in [2.24, 2.45) is 0 Å². The minimum Gasteiger partial charge on any atom is -0.493 e. The molecule has 0 N–H and O–H groups in total. The van der Waals surface area contributed by atoms with Crippen molar-refractivity contribution in [1.29, 1.82) is 0 Å². The number of methoxy groups -OCH3 is 1. The van der Waals surface area contributed by atoms with Crippen LogP contribution in [0.1, 0.15) is 34.8 Å². The summed E-state index contributed by atoms with van der Waals surface area (Å²) >= 11 is 0. The molecule has 1 aliphatic heterocycles. The van der Waals surface area contributed by atoms with Crippen LogP contribution >= 0.6 is 0 Å². The van der Waals surface area contributed by atoms with Gasteiger partial charge in [-0.05, 0) is 43.5 Å². The van der Waals surface area contributed by atoms with Crippen LogP contribution in [0, 0.1) is 0 Å². The van der Waals surface area contributed by atoms with E-state index in [1.807, 2.05) is 67.6 Å². The molecule has 0 bridgehead atoms. The van der Waals surface area contributed by atoms with E-state index >= 15 is 0 Å². The van der Waals surface area contributed by atoms with Gasteiger partial charge in [-0.1, -0.05) is 55.1 Å². The number of benzene rings is 3. The predicted molar refractivity (Wildman–Crippen MR) is 120 cm³/mol. The summed E-state index contributed by atoms with van der Waals surface area (Å²) in [6, 6.07) is 23.4. The quantitative estimate of drug-likeness (QED) is 0.509. The van der Waals surface area contributed by atoms with Gasteiger partial charge in [0, 0.05) is 17.2 Å². The molecule has 1 heterocycles. The van der Waals surface area contributed by atoms with Crippen molar-refractivity contribution in [2.45, 2.75) is 25.9 Å². The maximum Gasteiger partial charge on any atom is 0.263 e. The van der Waals surface area contributed by atoms with E-state index in [2.05, 4.69) is 18.7 Å². The predicted octanol–water partition coefficient (Wildman–Crippen LogP) is 5.73. The maximum atomic E-state index is 12.9. The van der Waals surface area contributed by atoms with Crippen molar-refractivity contribution in [2.75, 3.05) is 12.0 Å². The molecule has 0 fully saturated rings. The summed E-state index contributed by atoms with van der Waals surface area (Å²) < 4.78 is 11.7. The topological polar surface area (TPSA) is 38.8 Å². The number of carbonyl (C=O) groups is 1. The molecule has 0 saturated carbocycles. The van der Waals surface area contributed by atoms with Gasteiger partial charge >= 0.3 is 0 Å². The molecule has 0 spiro atoms. The number of amides is 1. The number of nitrogens with zero attached hydrogens (tertiary/aromatic N) is 1. The lowest BCUT2D eigenvalue weighted by atomic mass is 10.1. The van der Waals surface area contributed by atoms with Gasteiger partial charge in [-0.2, -0.15) is 0 Å². The molecule has 1 amide bonds. The Bertz CT molecular complexity index is 1040. The summed E-state index contributed by atoms with van der Waals surface area (Å²) in [6.07, 6.45) is 1.79. The van der Waals surface area contributed by atoms with E-state index in [-0.39, 0.29) is 12.0 Å². The summed E-state index contributed by atoms with van der Waals surface area (Å²) in [4.78, 5) is 14.6. The van der Waals surface area contributed by atoms with Gasteiger partial charge in [0.15, 0.2) is 11.5 Å². The highest BCUT2D eigenvalue weighted by Crippen LogP contribution is 2.39. The monoisotopic (exact) mass is 399 g/mol. The van der Waals surface area contributed by atoms with Gasteiger partial charge in [-0.25, -0.2) is 0 Å². The van der Waals surface area contributed by atoms with E-state index < -0.39 is 0 Å². The molecule has 4 heteroatoms. The van der Waals surface area contributed by atoms with E-state index in [0.717, 1.165) is 18.4 Å². The highest BCUT2D eigenvalue weighted by Gasteiger charge is 2.32. The normalized spacial score (nSPS) is 13.9. The average molecular weight is 399 g/mol. The molecule has 3 aromatic carbocycles. The first-order chi connectivity index (χ1) is 14.6.